The van der Waals surface area contributed by atoms with Crippen LogP contribution < -0.4 is 21.3 Å². The predicted molar refractivity (Wildman–Crippen MR) is 455 cm³/mol. The molecule has 4 aromatic carbocycles. The number of likely N-dealkylation sites (tertiary alicyclic amines) is 4. The number of aliphatic imine (C=N–C) groups is 2. The maximum Gasteiger partial charge on any atom is 0.407 e. The number of fused-ring (bicyclic) bond motifs is 6. The van der Waals surface area contributed by atoms with Crippen LogP contribution in [0, 0.1) is 23.7 Å². The topological polar surface area (TPSA) is 368 Å². The third kappa shape index (κ3) is 17.0. The summed E-state index contributed by atoms with van der Waals surface area (Å²) in [4.78, 5) is 155. The molecule has 6 N–H and O–H groups in total. The number of alkyl carbamates (subject to hydrolysis) is 4. The first-order chi connectivity index (χ1) is 57.8. The molecule has 0 radical (unpaired) electrons. The third-order valence-corrected chi connectivity index (χ3v) is 24.0. The molecule has 6 aliphatic rings. The minimum atomic E-state index is -0.708. The van der Waals surface area contributed by atoms with Crippen LogP contribution in [0.1, 0.15) is 142 Å². The highest BCUT2D eigenvalue weighted by atomic mass is 16.5. The molecule has 8 amide bonds. The molecule has 0 aliphatic carbocycles. The maximum atomic E-state index is 13.7. The van der Waals surface area contributed by atoms with Gasteiger partial charge in [-0.1, -0.05) is 104 Å². The Bertz CT molecular complexity index is 5370. The molecule has 10 aromatic rings. The van der Waals surface area contributed by atoms with Crippen LogP contribution in [0.15, 0.2) is 132 Å². The van der Waals surface area contributed by atoms with Crippen molar-refractivity contribution in [1.82, 2.24) is 80.7 Å². The average Bonchev–Trinajstić information content (AvgIpc) is 1.12. The smallest absolute Gasteiger partial charge is 0.407 e. The Labute approximate surface area is 694 Å². The van der Waals surface area contributed by atoms with Gasteiger partial charge >= 0.3 is 24.4 Å². The van der Waals surface area contributed by atoms with E-state index in [1.807, 2.05) is 102 Å². The Morgan fingerprint density at radius 1 is 0.358 bits per heavy atom. The SMILES string of the molecule is COC(=O)N[C@H](C(=O)N1CCC[C@@H]1c1nc2ncc(-c3ccc4cc(-c5cnc6c(c5)CC([C@@H]5CCCN5C(=O)[C@@H](NC(=O)OC)C(C)C)=N6)ccc4c3)cc2[nH]1)C(C)C.COC(=O)N[C@H](C(=O)N1CCC[C@H]1C1=Nc2ncc(-c3ccc4cc(-c5cnc6nc([C@@H]7CCCN7C(=O)[C@@H](NC(=O)OC)C(C)C)[nH]c6c5)ccc4c3)cc2C1)C(C)C. The quantitative estimate of drug-likeness (QED) is 0.0386. The van der Waals surface area contributed by atoms with Gasteiger partial charge in [0.25, 0.3) is 0 Å². The second kappa shape index (κ2) is 35.0. The standard InChI is InChI=1S/2C45H51N9O6/c2*1-24(2)37(50-44(57)59-5)42(55)53-15-7-9-35(53)33-20-30-19-31(22-46-39(30)48-33)28-13-11-27-18-29(14-12-26(27)17-28)32-21-34-40(47-23-32)52-41(49-34)36-10-8-16-54(36)43(56)38(25(3)4)51-45(58)60-6/h2*11-14,17-19,21-25,35-38H,7-10,15-16,20H2,1-6H3,(H,50,57)(H,51,58)(H,47,49,52)/t35-,36+,37-,38-;35-,36-,37-,38-/m00/s1. The molecule has 624 valence electrons. The number of rotatable bonds is 20. The number of amides is 8. The molecule has 120 heavy (non-hydrogen) atoms. The van der Waals surface area contributed by atoms with Crippen molar-refractivity contribution in [2.45, 2.75) is 168 Å². The van der Waals surface area contributed by atoms with Gasteiger partial charge in [0.2, 0.25) is 23.6 Å². The van der Waals surface area contributed by atoms with Crippen molar-refractivity contribution in [3.63, 3.8) is 0 Å². The Balaban J connectivity index is 0.000000187. The van der Waals surface area contributed by atoms with Crippen molar-refractivity contribution >= 4 is 115 Å². The zero-order valence-corrected chi connectivity index (χ0v) is 69.6. The number of H-pyrrole nitrogens is 2. The Morgan fingerprint density at radius 3 is 0.925 bits per heavy atom. The summed E-state index contributed by atoms with van der Waals surface area (Å²) in [5.41, 5.74) is 14.6. The van der Waals surface area contributed by atoms with Gasteiger partial charge in [-0.15, -0.1) is 0 Å². The molecule has 12 heterocycles. The van der Waals surface area contributed by atoms with Crippen LogP contribution in [-0.2, 0) is 51.0 Å². The summed E-state index contributed by atoms with van der Waals surface area (Å²) in [5, 5.41) is 15.2. The largest absolute Gasteiger partial charge is 0.453 e. The summed E-state index contributed by atoms with van der Waals surface area (Å²) in [6, 6.07) is 30.3. The van der Waals surface area contributed by atoms with E-state index in [9.17, 15) is 38.4 Å². The molecule has 30 nitrogen and oxygen atoms in total. The highest BCUT2D eigenvalue weighted by Gasteiger charge is 2.44. The Kier molecular flexibility index (Phi) is 24.0. The highest BCUT2D eigenvalue weighted by molar-refractivity contribution is 6.03. The number of carbonyl (C=O) groups excluding carboxylic acids is 8. The average molecular weight is 1630 g/mol. The van der Waals surface area contributed by atoms with E-state index in [1.165, 1.54) is 28.4 Å². The fourth-order valence-electron chi connectivity index (χ4n) is 17.5. The summed E-state index contributed by atoms with van der Waals surface area (Å²) in [5.74, 6) is 1.72. The number of aromatic amines is 2. The van der Waals surface area contributed by atoms with Crippen molar-refractivity contribution in [2.24, 2.45) is 33.7 Å². The van der Waals surface area contributed by atoms with Crippen molar-refractivity contribution < 1.29 is 57.3 Å². The predicted octanol–water partition coefficient (Wildman–Crippen LogP) is 13.8. The van der Waals surface area contributed by atoms with Crippen LogP contribution in [-0.4, -0.2) is 210 Å². The number of ether oxygens (including phenoxy) is 4. The Hall–Kier alpha value is -12.8. The van der Waals surface area contributed by atoms with Gasteiger partial charge in [-0.25, -0.2) is 59.1 Å². The summed E-state index contributed by atoms with van der Waals surface area (Å²) < 4.78 is 19.1. The van der Waals surface area contributed by atoms with Crippen LogP contribution in [0.5, 0.6) is 0 Å². The number of aromatic nitrogens is 8. The van der Waals surface area contributed by atoms with Gasteiger partial charge in [-0.05, 0) is 167 Å². The lowest BCUT2D eigenvalue weighted by atomic mass is 9.97. The first-order valence-corrected chi connectivity index (χ1v) is 41.4. The molecule has 0 saturated carbocycles. The summed E-state index contributed by atoms with van der Waals surface area (Å²) in [6.45, 7) is 17.6. The number of benzene rings is 4. The van der Waals surface area contributed by atoms with Crippen LogP contribution in [0.25, 0.3) is 88.4 Å². The second-order valence-electron chi connectivity index (χ2n) is 33.2. The van der Waals surface area contributed by atoms with Crippen LogP contribution in [0.2, 0.25) is 0 Å². The maximum absolute atomic E-state index is 13.7. The van der Waals surface area contributed by atoms with Gasteiger partial charge in [0.05, 0.1) is 63.6 Å². The molecule has 6 aliphatic heterocycles. The summed E-state index contributed by atoms with van der Waals surface area (Å²) in [6.07, 6.45) is 12.6. The monoisotopic (exact) mass is 1630 g/mol. The number of imidazole rings is 2. The zero-order valence-electron chi connectivity index (χ0n) is 69.6. The van der Waals surface area contributed by atoms with E-state index >= 15 is 0 Å². The van der Waals surface area contributed by atoms with Crippen molar-refractivity contribution in [2.75, 3.05) is 54.6 Å². The van der Waals surface area contributed by atoms with Crippen LogP contribution in [0.4, 0.5) is 30.8 Å². The number of nitrogens with zero attached hydrogens (tertiary/aromatic N) is 12. The van der Waals surface area contributed by atoms with Crippen molar-refractivity contribution in [1.29, 1.82) is 0 Å². The number of nitrogens with one attached hydrogen (secondary N) is 6. The molecule has 0 bridgehead atoms. The van der Waals surface area contributed by atoms with E-state index in [-0.39, 0.29) is 71.5 Å². The third-order valence-electron chi connectivity index (χ3n) is 24.0. The van der Waals surface area contributed by atoms with Crippen LogP contribution in [0.3, 0.4) is 0 Å². The van der Waals surface area contributed by atoms with E-state index < -0.39 is 48.5 Å². The molecule has 30 heteroatoms. The first-order valence-electron chi connectivity index (χ1n) is 41.4. The fourth-order valence-corrected chi connectivity index (χ4v) is 17.5. The molecule has 0 spiro atoms. The zero-order chi connectivity index (χ0) is 84.5. The number of pyridine rings is 4. The minimum absolute atomic E-state index is 0.103. The van der Waals surface area contributed by atoms with Crippen molar-refractivity contribution in [3.8, 4) is 44.5 Å². The van der Waals surface area contributed by atoms with E-state index in [1.54, 1.807) is 9.80 Å². The number of hydrogen-bond donors (Lipinski definition) is 6. The van der Waals surface area contributed by atoms with E-state index in [0.717, 1.165) is 151 Å². The molecule has 6 aromatic heterocycles. The summed E-state index contributed by atoms with van der Waals surface area (Å²) >= 11 is 0. The van der Waals surface area contributed by atoms with Crippen LogP contribution >= 0.6 is 0 Å². The molecular weight excluding hydrogens is 1530 g/mol. The summed E-state index contributed by atoms with van der Waals surface area (Å²) in [7, 11) is 5.17. The van der Waals surface area contributed by atoms with Gasteiger partial charge < -0.3 is 69.8 Å². The first kappa shape index (κ1) is 82.3. The van der Waals surface area contributed by atoms with Gasteiger partial charge in [0, 0.05) is 109 Å². The lowest BCUT2D eigenvalue weighted by molar-refractivity contribution is -0.136. The highest BCUT2D eigenvalue weighted by Crippen LogP contribution is 2.41. The minimum Gasteiger partial charge on any atom is -0.453 e. The van der Waals surface area contributed by atoms with Gasteiger partial charge in [0.15, 0.2) is 22.9 Å². The second-order valence-corrected chi connectivity index (χ2v) is 33.2. The van der Waals surface area contributed by atoms with Gasteiger partial charge in [-0.2, -0.15) is 0 Å². The van der Waals surface area contributed by atoms with E-state index in [4.69, 9.17) is 58.8 Å². The molecule has 0 unspecified atom stereocenters. The lowest BCUT2D eigenvalue weighted by Crippen LogP contribution is -2.53. The van der Waals surface area contributed by atoms with Gasteiger partial charge in [0.1, 0.15) is 35.8 Å². The Morgan fingerprint density at radius 2 is 0.633 bits per heavy atom. The molecule has 8 atom stereocenters. The van der Waals surface area contributed by atoms with Crippen molar-refractivity contribution in [3.05, 3.63) is 145 Å². The van der Waals surface area contributed by atoms with E-state index in [2.05, 4.69) is 116 Å². The van der Waals surface area contributed by atoms with Gasteiger partial charge in [-0.3, -0.25) is 19.2 Å². The number of hydrogen-bond acceptors (Lipinski definition) is 20. The molecule has 4 fully saturated rings. The van der Waals surface area contributed by atoms with E-state index in [0.29, 0.717) is 73.6 Å². The number of carbonyl (C=O) groups is 8. The lowest BCUT2D eigenvalue weighted by Gasteiger charge is -2.30. The number of methoxy groups -OCH3 is 4. The molecule has 16 rings (SSSR count). The molecular formula is C90H102N18O12. The molecule has 4 saturated heterocycles. The normalized spacial score (nSPS) is 18.5. The fraction of sp³-hybridized carbons (Fsp3) is 0.422.